The first-order valence-corrected chi connectivity index (χ1v) is 9.99. The second-order valence-electron chi connectivity index (χ2n) is 6.67. The van der Waals surface area contributed by atoms with Crippen LogP contribution in [0.1, 0.15) is 33.1 Å². The van der Waals surface area contributed by atoms with Gasteiger partial charge >= 0.3 is 6.09 Å². The van der Waals surface area contributed by atoms with Gasteiger partial charge in [0, 0.05) is 51.9 Å². The molecule has 2 rings (SSSR count). The zero-order chi connectivity index (χ0) is 18.6. The summed E-state index contributed by atoms with van der Waals surface area (Å²) in [5, 5.41) is 6.84. The van der Waals surface area contributed by atoms with E-state index in [0.717, 1.165) is 84.2 Å². The normalized spacial score (nSPS) is 19.3. The lowest BCUT2D eigenvalue weighted by atomic mass is 10.1. The molecule has 0 aliphatic carbocycles. The van der Waals surface area contributed by atoms with Crippen molar-refractivity contribution in [3.63, 3.8) is 0 Å². The highest BCUT2D eigenvalue weighted by atomic mass is 127. The van der Waals surface area contributed by atoms with Crippen molar-refractivity contribution >= 4 is 36.0 Å². The Morgan fingerprint density at radius 3 is 2.52 bits per heavy atom. The number of piperidine rings is 1. The Balaban J connectivity index is 0.00000364. The molecule has 158 valence electrons. The molecular formula is C18H36IN5O3. The summed E-state index contributed by atoms with van der Waals surface area (Å²) in [7, 11) is 0. The highest BCUT2D eigenvalue weighted by Crippen LogP contribution is 2.11. The summed E-state index contributed by atoms with van der Waals surface area (Å²) in [6.45, 7) is 12.3. The molecule has 2 N–H and O–H groups in total. The van der Waals surface area contributed by atoms with E-state index in [9.17, 15) is 4.79 Å². The number of guanidine groups is 1. The number of carbonyl (C=O) groups excluding carboxylic acids is 1. The molecule has 0 aromatic rings. The molecule has 0 radical (unpaired) electrons. The Kier molecular flexibility index (Phi) is 12.8. The van der Waals surface area contributed by atoms with Crippen LogP contribution in [0, 0.1) is 0 Å². The van der Waals surface area contributed by atoms with Crippen molar-refractivity contribution in [3.05, 3.63) is 0 Å². The molecule has 8 nitrogen and oxygen atoms in total. The Morgan fingerprint density at radius 2 is 1.89 bits per heavy atom. The predicted octanol–water partition coefficient (Wildman–Crippen LogP) is 1.50. The maximum atomic E-state index is 11.8. The Bertz CT molecular complexity index is 439. The first kappa shape index (κ1) is 24.2. The van der Waals surface area contributed by atoms with Crippen LogP contribution in [0.5, 0.6) is 0 Å². The third kappa shape index (κ3) is 9.29. The highest BCUT2D eigenvalue weighted by Gasteiger charge is 2.24. The summed E-state index contributed by atoms with van der Waals surface area (Å²) in [5.41, 5.74) is 0. The lowest BCUT2D eigenvalue weighted by Crippen LogP contribution is -2.50. The summed E-state index contributed by atoms with van der Waals surface area (Å²) in [5.74, 6) is 0.879. The minimum Gasteiger partial charge on any atom is -0.450 e. The summed E-state index contributed by atoms with van der Waals surface area (Å²) in [6.07, 6.45) is 2.68. The number of amides is 1. The zero-order valence-corrected chi connectivity index (χ0v) is 19.1. The van der Waals surface area contributed by atoms with E-state index in [2.05, 4.69) is 22.5 Å². The van der Waals surface area contributed by atoms with Gasteiger partial charge in [-0.05, 0) is 33.1 Å². The van der Waals surface area contributed by atoms with Crippen molar-refractivity contribution in [1.82, 2.24) is 20.4 Å². The first-order valence-electron chi connectivity index (χ1n) is 9.99. The number of nitrogens with one attached hydrogen (secondary N) is 2. The van der Waals surface area contributed by atoms with Crippen molar-refractivity contribution in [3.8, 4) is 0 Å². The molecule has 2 saturated heterocycles. The van der Waals surface area contributed by atoms with Gasteiger partial charge in [0.25, 0.3) is 0 Å². The molecule has 1 amide bonds. The average Bonchev–Trinajstić information content (AvgIpc) is 2.67. The molecule has 0 spiro atoms. The fourth-order valence-electron chi connectivity index (χ4n) is 3.24. The molecule has 0 unspecified atom stereocenters. The molecule has 9 heteroatoms. The van der Waals surface area contributed by atoms with E-state index in [0.29, 0.717) is 12.6 Å². The Hall–Kier alpha value is -0.810. The maximum absolute atomic E-state index is 11.8. The highest BCUT2D eigenvalue weighted by molar-refractivity contribution is 14.0. The van der Waals surface area contributed by atoms with Gasteiger partial charge in [-0.15, -0.1) is 24.0 Å². The Labute approximate surface area is 180 Å². The number of carbonyl (C=O) groups is 1. The second-order valence-corrected chi connectivity index (χ2v) is 6.67. The summed E-state index contributed by atoms with van der Waals surface area (Å²) >= 11 is 0. The second kappa shape index (κ2) is 14.2. The van der Waals surface area contributed by atoms with Gasteiger partial charge in [0.1, 0.15) is 0 Å². The molecule has 0 aromatic carbocycles. The van der Waals surface area contributed by atoms with Crippen LogP contribution in [0.4, 0.5) is 4.79 Å². The lowest BCUT2D eigenvalue weighted by molar-refractivity contribution is 0.0377. The third-order valence-corrected chi connectivity index (χ3v) is 4.71. The summed E-state index contributed by atoms with van der Waals surface area (Å²) in [4.78, 5) is 20.7. The van der Waals surface area contributed by atoms with Gasteiger partial charge in [0.15, 0.2) is 5.96 Å². The standard InChI is InChI=1S/C18H35N5O3.HI/c1-3-19-17(20-8-5-9-22-12-14-25-15-13-22)21-16-6-10-23(11-7-16)18(24)26-4-2;/h16H,3-15H2,1-2H3,(H2,19,20,21);1H. The lowest BCUT2D eigenvalue weighted by Gasteiger charge is -2.32. The van der Waals surface area contributed by atoms with E-state index in [1.165, 1.54) is 0 Å². The smallest absolute Gasteiger partial charge is 0.409 e. The maximum Gasteiger partial charge on any atom is 0.409 e. The van der Waals surface area contributed by atoms with Gasteiger partial charge in [0.05, 0.1) is 19.8 Å². The van der Waals surface area contributed by atoms with Crippen LogP contribution in [-0.2, 0) is 9.47 Å². The quantitative estimate of drug-likeness (QED) is 0.240. The van der Waals surface area contributed by atoms with Crippen LogP contribution in [0.25, 0.3) is 0 Å². The molecule has 2 aliphatic heterocycles. The fraction of sp³-hybridized carbons (Fsp3) is 0.889. The number of halogens is 1. The van der Waals surface area contributed by atoms with Gasteiger partial charge < -0.3 is 25.0 Å². The van der Waals surface area contributed by atoms with Crippen LogP contribution in [-0.4, -0.2) is 93.5 Å². The molecule has 0 bridgehead atoms. The fourth-order valence-corrected chi connectivity index (χ4v) is 3.24. The molecule has 0 atom stereocenters. The monoisotopic (exact) mass is 497 g/mol. The van der Waals surface area contributed by atoms with Gasteiger partial charge in [-0.25, -0.2) is 4.79 Å². The summed E-state index contributed by atoms with van der Waals surface area (Å²) < 4.78 is 10.4. The topological polar surface area (TPSA) is 78.4 Å². The Morgan fingerprint density at radius 1 is 1.19 bits per heavy atom. The third-order valence-electron chi connectivity index (χ3n) is 4.71. The van der Waals surface area contributed by atoms with Crippen molar-refractivity contribution in [2.24, 2.45) is 4.99 Å². The number of likely N-dealkylation sites (tertiary alicyclic amines) is 1. The van der Waals surface area contributed by atoms with Crippen molar-refractivity contribution in [2.75, 3.05) is 65.6 Å². The van der Waals surface area contributed by atoms with Gasteiger partial charge in [-0.2, -0.15) is 0 Å². The number of nitrogens with zero attached hydrogens (tertiary/aromatic N) is 3. The first-order chi connectivity index (χ1) is 12.7. The van der Waals surface area contributed by atoms with Crippen LogP contribution in [0.2, 0.25) is 0 Å². The number of hydrogen-bond acceptors (Lipinski definition) is 5. The van der Waals surface area contributed by atoms with Crippen LogP contribution in [0.15, 0.2) is 4.99 Å². The molecule has 0 saturated carbocycles. The van der Waals surface area contributed by atoms with E-state index < -0.39 is 0 Å². The molecule has 2 fully saturated rings. The van der Waals surface area contributed by atoms with E-state index in [1.807, 2.05) is 6.92 Å². The van der Waals surface area contributed by atoms with Crippen LogP contribution in [0.3, 0.4) is 0 Å². The van der Waals surface area contributed by atoms with Crippen molar-refractivity contribution in [1.29, 1.82) is 0 Å². The number of morpholine rings is 1. The van der Waals surface area contributed by atoms with Gasteiger partial charge in [0.2, 0.25) is 0 Å². The van der Waals surface area contributed by atoms with E-state index in [4.69, 9.17) is 14.5 Å². The van der Waals surface area contributed by atoms with E-state index >= 15 is 0 Å². The van der Waals surface area contributed by atoms with Crippen molar-refractivity contribution < 1.29 is 14.3 Å². The van der Waals surface area contributed by atoms with E-state index in [1.54, 1.807) is 4.90 Å². The number of hydrogen-bond donors (Lipinski definition) is 2. The number of aliphatic imine (C=N–C) groups is 1. The van der Waals surface area contributed by atoms with Crippen LogP contribution >= 0.6 is 24.0 Å². The van der Waals surface area contributed by atoms with Crippen LogP contribution < -0.4 is 10.6 Å². The average molecular weight is 497 g/mol. The van der Waals surface area contributed by atoms with Gasteiger partial charge in [-0.1, -0.05) is 0 Å². The molecule has 0 aromatic heterocycles. The van der Waals surface area contributed by atoms with E-state index in [-0.39, 0.29) is 30.1 Å². The molecular weight excluding hydrogens is 461 g/mol. The van der Waals surface area contributed by atoms with Crippen molar-refractivity contribution in [2.45, 2.75) is 39.2 Å². The minimum absolute atomic E-state index is 0. The molecule has 27 heavy (non-hydrogen) atoms. The number of rotatable bonds is 7. The predicted molar refractivity (Wildman–Crippen MR) is 118 cm³/mol. The zero-order valence-electron chi connectivity index (χ0n) is 16.7. The van der Waals surface area contributed by atoms with Gasteiger partial charge in [-0.3, -0.25) is 9.89 Å². The largest absolute Gasteiger partial charge is 0.450 e. The SMILES string of the molecule is CCNC(=NCCCN1CCOCC1)NC1CCN(C(=O)OCC)CC1.I. The number of ether oxygens (including phenoxy) is 2. The molecule has 2 heterocycles. The molecule has 2 aliphatic rings. The minimum atomic E-state index is -0.199. The summed E-state index contributed by atoms with van der Waals surface area (Å²) in [6, 6.07) is 0.345.